The molecule has 0 unspecified atom stereocenters. The van der Waals surface area contributed by atoms with Gasteiger partial charge < -0.3 is 25.2 Å². The van der Waals surface area contributed by atoms with Gasteiger partial charge in [0.25, 0.3) is 12.4 Å². The van der Waals surface area contributed by atoms with Crippen molar-refractivity contribution in [1.82, 2.24) is 15.5 Å². The predicted octanol–water partition coefficient (Wildman–Crippen LogP) is 1.51. The molecule has 0 bridgehead atoms. The Kier molecular flexibility index (Phi) is 11.3. The molecule has 0 spiro atoms. The number of nitrogens with one attached hydrogen (secondary N) is 2. The van der Waals surface area contributed by atoms with E-state index >= 15 is 0 Å². The number of rotatable bonds is 9. The van der Waals surface area contributed by atoms with Gasteiger partial charge in [-0.1, -0.05) is 0 Å². The number of carboxylic acid groups (broad SMARTS) is 1. The maximum absolute atomic E-state index is 12.5. The molecule has 3 N–H and O–H groups in total. The molecule has 1 fully saturated rings. The van der Waals surface area contributed by atoms with Crippen LogP contribution in [0.5, 0.6) is 11.5 Å². The second-order valence-electron chi connectivity index (χ2n) is 6.77. The van der Waals surface area contributed by atoms with E-state index in [0.29, 0.717) is 43.2 Å². The standard InChI is InChI=1S/C20H31N3O4.CH2O2/c1-5-26-17-10-7-14(11-18(17)27-6-2)20(25)22-13-16-9-8-15(23(16)4)12-19(24)21-3;2-1-3/h7,10-11,15-16H,5-6,8-9,12-13H2,1-4H3,(H,21,24)(H,22,25);1H,(H,2,3)/t15-,16+;/m1./s1. The van der Waals surface area contributed by atoms with Crippen molar-refractivity contribution < 1.29 is 29.0 Å². The van der Waals surface area contributed by atoms with Gasteiger partial charge in [-0.3, -0.25) is 19.3 Å². The number of likely N-dealkylation sites (N-methyl/N-ethyl adjacent to an activating group) is 1. The van der Waals surface area contributed by atoms with E-state index in [4.69, 9.17) is 19.4 Å². The number of amides is 2. The van der Waals surface area contributed by atoms with Gasteiger partial charge in [-0.15, -0.1) is 0 Å². The molecule has 1 aromatic rings. The van der Waals surface area contributed by atoms with E-state index < -0.39 is 0 Å². The van der Waals surface area contributed by atoms with Crippen molar-refractivity contribution in [2.24, 2.45) is 0 Å². The highest BCUT2D eigenvalue weighted by Crippen LogP contribution is 2.29. The highest BCUT2D eigenvalue weighted by atomic mass is 16.5. The van der Waals surface area contributed by atoms with E-state index in [0.717, 1.165) is 12.8 Å². The number of benzene rings is 1. The molecule has 168 valence electrons. The Balaban J connectivity index is 0.00000141. The number of ether oxygens (including phenoxy) is 2. The fourth-order valence-electron chi connectivity index (χ4n) is 3.40. The minimum Gasteiger partial charge on any atom is -0.490 e. The van der Waals surface area contributed by atoms with Gasteiger partial charge >= 0.3 is 0 Å². The van der Waals surface area contributed by atoms with Crippen LogP contribution in [0.4, 0.5) is 0 Å². The zero-order valence-corrected chi connectivity index (χ0v) is 18.1. The zero-order valence-electron chi connectivity index (χ0n) is 18.1. The summed E-state index contributed by atoms with van der Waals surface area (Å²) in [5, 5.41) is 12.6. The number of carbonyl (C=O) groups excluding carboxylic acids is 2. The van der Waals surface area contributed by atoms with Crippen molar-refractivity contribution in [3.8, 4) is 11.5 Å². The van der Waals surface area contributed by atoms with E-state index in [-0.39, 0.29) is 30.4 Å². The Bertz CT molecular complexity index is 697. The highest BCUT2D eigenvalue weighted by molar-refractivity contribution is 5.94. The fraction of sp³-hybridized carbons (Fsp3) is 0.571. The van der Waals surface area contributed by atoms with Crippen LogP contribution < -0.4 is 20.1 Å². The Morgan fingerprint density at radius 2 is 1.77 bits per heavy atom. The van der Waals surface area contributed by atoms with Crippen LogP contribution in [0.25, 0.3) is 0 Å². The maximum Gasteiger partial charge on any atom is 0.290 e. The summed E-state index contributed by atoms with van der Waals surface area (Å²) in [6, 6.07) is 5.69. The molecule has 30 heavy (non-hydrogen) atoms. The van der Waals surface area contributed by atoms with Crippen LogP contribution in [-0.4, -0.2) is 74.2 Å². The summed E-state index contributed by atoms with van der Waals surface area (Å²) >= 11 is 0. The van der Waals surface area contributed by atoms with Crippen LogP contribution in [0.2, 0.25) is 0 Å². The smallest absolute Gasteiger partial charge is 0.290 e. The van der Waals surface area contributed by atoms with Crippen molar-refractivity contribution >= 4 is 18.3 Å². The second-order valence-corrected chi connectivity index (χ2v) is 6.77. The summed E-state index contributed by atoms with van der Waals surface area (Å²) in [6.45, 7) is 5.15. The molecule has 2 atom stereocenters. The molecule has 1 aromatic carbocycles. The second kappa shape index (κ2) is 13.4. The van der Waals surface area contributed by atoms with Gasteiger partial charge in [0.2, 0.25) is 5.91 Å². The first-order valence-corrected chi connectivity index (χ1v) is 10.1. The van der Waals surface area contributed by atoms with Crippen LogP contribution in [0.1, 0.15) is 43.5 Å². The van der Waals surface area contributed by atoms with Crippen LogP contribution in [0, 0.1) is 0 Å². The number of hydrogen-bond acceptors (Lipinski definition) is 6. The molecule has 1 saturated heterocycles. The van der Waals surface area contributed by atoms with Gasteiger partial charge in [0.05, 0.1) is 13.2 Å². The van der Waals surface area contributed by atoms with Gasteiger partial charge in [-0.2, -0.15) is 0 Å². The van der Waals surface area contributed by atoms with Gasteiger partial charge in [0, 0.05) is 37.7 Å². The molecule has 9 heteroatoms. The Morgan fingerprint density at radius 3 is 2.37 bits per heavy atom. The van der Waals surface area contributed by atoms with Crippen molar-refractivity contribution in [2.45, 2.75) is 45.2 Å². The molecule has 2 amide bonds. The first kappa shape index (κ1) is 25.2. The summed E-state index contributed by atoms with van der Waals surface area (Å²) in [4.78, 5) is 34.7. The third kappa shape index (κ3) is 7.55. The molecule has 9 nitrogen and oxygen atoms in total. The third-order valence-corrected chi connectivity index (χ3v) is 4.99. The minimum absolute atomic E-state index is 0.0503. The largest absolute Gasteiger partial charge is 0.490 e. The lowest BCUT2D eigenvalue weighted by molar-refractivity contribution is -0.123. The average Bonchev–Trinajstić information content (AvgIpc) is 3.07. The molecule has 0 aliphatic carbocycles. The summed E-state index contributed by atoms with van der Waals surface area (Å²) in [5.41, 5.74) is 0.546. The lowest BCUT2D eigenvalue weighted by Crippen LogP contribution is -2.42. The summed E-state index contributed by atoms with van der Waals surface area (Å²) in [5.74, 6) is 1.13. The van der Waals surface area contributed by atoms with Gasteiger partial charge in [-0.05, 0) is 51.9 Å². The molecule has 0 saturated carbocycles. The molecule has 1 heterocycles. The normalized spacial score (nSPS) is 18.0. The Labute approximate surface area is 177 Å². The molecule has 1 aliphatic heterocycles. The predicted molar refractivity (Wildman–Crippen MR) is 113 cm³/mol. The van der Waals surface area contributed by atoms with Crippen molar-refractivity contribution in [1.29, 1.82) is 0 Å². The van der Waals surface area contributed by atoms with E-state index in [9.17, 15) is 9.59 Å². The fourth-order valence-corrected chi connectivity index (χ4v) is 3.40. The van der Waals surface area contributed by atoms with Crippen LogP contribution >= 0.6 is 0 Å². The minimum atomic E-state index is -0.250. The molecule has 1 aliphatic rings. The first-order valence-electron chi connectivity index (χ1n) is 10.1. The monoisotopic (exact) mass is 423 g/mol. The highest BCUT2D eigenvalue weighted by Gasteiger charge is 2.31. The maximum atomic E-state index is 12.5. The van der Waals surface area contributed by atoms with Crippen LogP contribution in [0.3, 0.4) is 0 Å². The van der Waals surface area contributed by atoms with Crippen molar-refractivity contribution in [3.05, 3.63) is 23.8 Å². The molecule has 0 aromatic heterocycles. The molecule has 2 rings (SSSR count). The SMILES string of the molecule is CCOc1ccc(C(=O)NC[C@@H]2CC[C@H](CC(=O)NC)N2C)cc1OCC.O=CO. The summed E-state index contributed by atoms with van der Waals surface area (Å²) in [6.07, 6.45) is 2.42. The molecular formula is C21H33N3O6. The van der Waals surface area contributed by atoms with Crippen molar-refractivity contribution in [2.75, 3.05) is 33.9 Å². The van der Waals surface area contributed by atoms with Crippen molar-refractivity contribution in [3.63, 3.8) is 0 Å². The van der Waals surface area contributed by atoms with Gasteiger partial charge in [0.1, 0.15) is 0 Å². The Morgan fingerprint density at radius 1 is 1.17 bits per heavy atom. The quantitative estimate of drug-likeness (QED) is 0.516. The topological polar surface area (TPSA) is 117 Å². The van der Waals surface area contributed by atoms with Crippen LogP contribution in [-0.2, 0) is 9.59 Å². The van der Waals surface area contributed by atoms with E-state index in [1.165, 1.54) is 0 Å². The number of carbonyl (C=O) groups is 3. The average molecular weight is 424 g/mol. The number of nitrogens with zero attached hydrogens (tertiary/aromatic N) is 1. The summed E-state index contributed by atoms with van der Waals surface area (Å²) < 4.78 is 11.1. The van der Waals surface area contributed by atoms with E-state index in [1.807, 2.05) is 20.9 Å². The molecular weight excluding hydrogens is 390 g/mol. The lowest BCUT2D eigenvalue weighted by atomic mass is 10.1. The Hall–Kier alpha value is -2.81. The third-order valence-electron chi connectivity index (χ3n) is 4.99. The van der Waals surface area contributed by atoms with E-state index in [1.54, 1.807) is 25.2 Å². The summed E-state index contributed by atoms with van der Waals surface area (Å²) in [7, 11) is 3.67. The van der Waals surface area contributed by atoms with Gasteiger partial charge in [-0.25, -0.2) is 0 Å². The number of hydrogen-bond donors (Lipinski definition) is 3. The van der Waals surface area contributed by atoms with Crippen LogP contribution in [0.15, 0.2) is 18.2 Å². The zero-order chi connectivity index (χ0) is 22.5. The van der Waals surface area contributed by atoms with E-state index in [2.05, 4.69) is 15.5 Å². The van der Waals surface area contributed by atoms with Gasteiger partial charge in [0.15, 0.2) is 11.5 Å². The lowest BCUT2D eigenvalue weighted by Gasteiger charge is -2.25. The first-order chi connectivity index (χ1) is 14.4. The molecule has 0 radical (unpaired) electrons. The number of likely N-dealkylation sites (tertiary alicyclic amines) is 1.